The van der Waals surface area contributed by atoms with Crippen LogP contribution in [0, 0.1) is 11.3 Å². The lowest BCUT2D eigenvalue weighted by atomic mass is 10.1. The fourth-order valence-electron chi connectivity index (χ4n) is 3.60. The summed E-state index contributed by atoms with van der Waals surface area (Å²) in [5, 5.41) is 16.2. The Morgan fingerprint density at radius 3 is 2.35 bits per heavy atom. The van der Waals surface area contributed by atoms with Crippen LogP contribution in [0.3, 0.4) is 0 Å². The second kappa shape index (κ2) is 10.5. The standard InChI is InChI=1S/C26H28N6OS/c1-18(2)17-32-23(27)22(26(33)31(32)3)25(34-21-8-5-4-6-9-21)30-16-19-10-12-20(13-11-19)24-28-14-7-15-29-24/h4-15,18,27,30H,16-17H2,1-3H3/b25-22-,27-23?. The van der Waals surface area contributed by atoms with Crippen LogP contribution in [0.2, 0.25) is 0 Å². The first-order valence-electron chi connectivity index (χ1n) is 11.2. The van der Waals surface area contributed by atoms with Gasteiger partial charge in [-0.05, 0) is 29.7 Å². The zero-order chi connectivity index (χ0) is 24.1. The number of carbonyl (C=O) groups is 1. The van der Waals surface area contributed by atoms with E-state index in [2.05, 4.69) is 29.1 Å². The molecule has 0 atom stereocenters. The van der Waals surface area contributed by atoms with Crippen LogP contribution in [-0.2, 0) is 11.3 Å². The minimum atomic E-state index is -0.173. The highest BCUT2D eigenvalue weighted by Crippen LogP contribution is 2.32. The number of hydrazine groups is 1. The van der Waals surface area contributed by atoms with Crippen molar-refractivity contribution in [2.75, 3.05) is 13.6 Å². The summed E-state index contributed by atoms with van der Waals surface area (Å²) in [6.45, 7) is 5.28. The summed E-state index contributed by atoms with van der Waals surface area (Å²) in [5.74, 6) is 1.06. The second-order valence-electron chi connectivity index (χ2n) is 8.40. The molecule has 174 valence electrons. The topological polar surface area (TPSA) is 85.2 Å². The second-order valence-corrected chi connectivity index (χ2v) is 9.48. The van der Waals surface area contributed by atoms with E-state index in [0.29, 0.717) is 35.4 Å². The van der Waals surface area contributed by atoms with Crippen molar-refractivity contribution in [3.8, 4) is 11.4 Å². The molecule has 0 saturated carbocycles. The van der Waals surface area contributed by atoms with Gasteiger partial charge in [-0.15, -0.1) is 0 Å². The fraction of sp³-hybridized carbons (Fsp3) is 0.231. The van der Waals surface area contributed by atoms with E-state index in [1.54, 1.807) is 35.5 Å². The molecular weight excluding hydrogens is 444 g/mol. The molecule has 0 unspecified atom stereocenters. The molecule has 1 fully saturated rings. The van der Waals surface area contributed by atoms with E-state index >= 15 is 0 Å². The van der Waals surface area contributed by atoms with Gasteiger partial charge in [0, 0.05) is 43.0 Å². The number of thioether (sulfide) groups is 1. The van der Waals surface area contributed by atoms with Gasteiger partial charge in [-0.2, -0.15) is 0 Å². The van der Waals surface area contributed by atoms with Gasteiger partial charge in [0.05, 0.1) is 5.03 Å². The first kappa shape index (κ1) is 23.5. The van der Waals surface area contributed by atoms with Gasteiger partial charge >= 0.3 is 0 Å². The molecule has 3 aromatic rings. The van der Waals surface area contributed by atoms with E-state index in [0.717, 1.165) is 16.0 Å². The number of amides is 1. The van der Waals surface area contributed by atoms with Gasteiger partial charge in [0.25, 0.3) is 5.91 Å². The van der Waals surface area contributed by atoms with Crippen molar-refractivity contribution in [3.05, 3.63) is 89.2 Å². The Kier molecular flexibility index (Phi) is 7.27. The zero-order valence-corrected chi connectivity index (χ0v) is 20.3. The van der Waals surface area contributed by atoms with Crippen LogP contribution in [-0.4, -0.2) is 45.3 Å². The lowest BCUT2D eigenvalue weighted by molar-refractivity contribution is -0.132. The molecule has 8 heteroatoms. The minimum absolute atomic E-state index is 0.173. The third kappa shape index (κ3) is 5.28. The van der Waals surface area contributed by atoms with Gasteiger partial charge in [0.2, 0.25) is 0 Å². The number of nitrogens with zero attached hydrogens (tertiary/aromatic N) is 4. The Balaban J connectivity index is 1.59. The highest BCUT2D eigenvalue weighted by Gasteiger charge is 2.38. The largest absolute Gasteiger partial charge is 0.375 e. The van der Waals surface area contributed by atoms with Crippen LogP contribution in [0.5, 0.6) is 0 Å². The molecule has 1 aliphatic heterocycles. The molecule has 7 nitrogen and oxygen atoms in total. The van der Waals surface area contributed by atoms with E-state index < -0.39 is 0 Å². The Morgan fingerprint density at radius 2 is 1.71 bits per heavy atom. The SMILES string of the molecule is CC(C)CN1C(=N)/C(=C(\NCc2ccc(-c3ncccn3)cc2)Sc2ccccc2)C(=O)N1C. The molecule has 1 saturated heterocycles. The Hall–Kier alpha value is -3.65. The van der Waals surface area contributed by atoms with Gasteiger partial charge in [-0.1, -0.05) is 68.1 Å². The van der Waals surface area contributed by atoms with Crippen molar-refractivity contribution in [3.63, 3.8) is 0 Å². The smallest absolute Gasteiger partial charge is 0.278 e. The lowest BCUT2D eigenvalue weighted by Gasteiger charge is -2.26. The maximum absolute atomic E-state index is 13.2. The zero-order valence-electron chi connectivity index (χ0n) is 19.5. The molecule has 2 heterocycles. The van der Waals surface area contributed by atoms with Crippen molar-refractivity contribution in [1.82, 2.24) is 25.3 Å². The van der Waals surface area contributed by atoms with Crippen molar-refractivity contribution in [1.29, 1.82) is 5.41 Å². The predicted octanol–water partition coefficient (Wildman–Crippen LogP) is 4.56. The summed E-state index contributed by atoms with van der Waals surface area (Å²) in [4.78, 5) is 22.8. The number of nitrogens with one attached hydrogen (secondary N) is 2. The number of benzene rings is 2. The van der Waals surface area contributed by atoms with Gasteiger partial charge in [0.1, 0.15) is 5.57 Å². The normalized spacial score (nSPS) is 15.3. The Bertz CT molecular complexity index is 1180. The molecule has 2 aromatic carbocycles. The maximum atomic E-state index is 13.2. The molecule has 0 spiro atoms. The van der Waals surface area contributed by atoms with Crippen LogP contribution < -0.4 is 5.32 Å². The highest BCUT2D eigenvalue weighted by atomic mass is 32.2. The number of rotatable bonds is 8. The summed E-state index contributed by atoms with van der Waals surface area (Å²) >= 11 is 1.47. The van der Waals surface area contributed by atoms with Gasteiger partial charge in [0.15, 0.2) is 11.7 Å². The maximum Gasteiger partial charge on any atom is 0.278 e. The predicted molar refractivity (Wildman–Crippen MR) is 136 cm³/mol. The fourth-order valence-corrected chi connectivity index (χ4v) is 4.56. The third-order valence-corrected chi connectivity index (χ3v) is 6.38. The molecule has 4 rings (SSSR count). The molecule has 0 aliphatic carbocycles. The lowest BCUT2D eigenvalue weighted by Crippen LogP contribution is -2.39. The summed E-state index contributed by atoms with van der Waals surface area (Å²) in [5.41, 5.74) is 2.39. The third-order valence-electron chi connectivity index (χ3n) is 5.32. The van der Waals surface area contributed by atoms with Gasteiger partial charge in [-0.25, -0.2) is 9.97 Å². The molecule has 0 radical (unpaired) electrons. The highest BCUT2D eigenvalue weighted by molar-refractivity contribution is 8.03. The van der Waals surface area contributed by atoms with E-state index in [1.165, 1.54) is 11.8 Å². The van der Waals surface area contributed by atoms with Crippen molar-refractivity contribution in [2.24, 2.45) is 5.92 Å². The number of hydrogen-bond acceptors (Lipinski definition) is 6. The summed E-state index contributed by atoms with van der Waals surface area (Å²) in [6, 6.07) is 19.7. The molecule has 0 bridgehead atoms. The van der Waals surface area contributed by atoms with E-state index in [9.17, 15) is 4.79 Å². The minimum Gasteiger partial charge on any atom is -0.375 e. The molecular formula is C26H28N6OS. The Labute approximate surface area is 204 Å². The van der Waals surface area contributed by atoms with Crippen molar-refractivity contribution < 1.29 is 4.79 Å². The van der Waals surface area contributed by atoms with Crippen LogP contribution in [0.4, 0.5) is 0 Å². The van der Waals surface area contributed by atoms with Crippen LogP contribution in [0.25, 0.3) is 11.4 Å². The van der Waals surface area contributed by atoms with E-state index in [1.807, 2.05) is 54.6 Å². The monoisotopic (exact) mass is 472 g/mol. The molecule has 1 aromatic heterocycles. The van der Waals surface area contributed by atoms with Crippen molar-refractivity contribution in [2.45, 2.75) is 25.3 Å². The first-order chi connectivity index (χ1) is 16.4. The van der Waals surface area contributed by atoms with E-state index in [4.69, 9.17) is 5.41 Å². The number of hydrogen-bond donors (Lipinski definition) is 2. The average molecular weight is 473 g/mol. The quantitative estimate of drug-likeness (QED) is 0.369. The Morgan fingerprint density at radius 1 is 1.03 bits per heavy atom. The van der Waals surface area contributed by atoms with Crippen LogP contribution in [0.15, 0.2) is 88.6 Å². The molecule has 1 amide bonds. The van der Waals surface area contributed by atoms with Gasteiger partial charge < -0.3 is 5.32 Å². The summed E-state index contributed by atoms with van der Waals surface area (Å²) in [7, 11) is 1.72. The van der Waals surface area contributed by atoms with Crippen molar-refractivity contribution >= 4 is 23.5 Å². The molecule has 2 N–H and O–H groups in total. The first-order valence-corrected chi connectivity index (χ1v) is 12.0. The van der Waals surface area contributed by atoms with Gasteiger partial charge in [-0.3, -0.25) is 20.2 Å². The van der Waals surface area contributed by atoms with Crippen LogP contribution >= 0.6 is 11.8 Å². The number of carbonyl (C=O) groups excluding carboxylic acids is 1. The number of aromatic nitrogens is 2. The molecule has 1 aliphatic rings. The number of amidine groups is 1. The summed E-state index contributed by atoms with van der Waals surface area (Å²) < 4.78 is 0. The average Bonchev–Trinajstić information content (AvgIpc) is 3.06. The number of likely N-dealkylation sites (N-methyl/N-ethyl adjacent to an activating group) is 1. The summed E-state index contributed by atoms with van der Waals surface area (Å²) in [6.07, 6.45) is 3.45. The van der Waals surface area contributed by atoms with E-state index in [-0.39, 0.29) is 11.7 Å². The van der Waals surface area contributed by atoms with Crippen LogP contribution in [0.1, 0.15) is 19.4 Å². The molecule has 34 heavy (non-hydrogen) atoms.